The summed E-state index contributed by atoms with van der Waals surface area (Å²) in [5.41, 5.74) is 0.989. The third-order valence-electron chi connectivity index (χ3n) is 4.41. The molecule has 1 amide bonds. The van der Waals surface area contributed by atoms with E-state index in [4.69, 9.17) is 27.9 Å². The zero-order valence-electron chi connectivity index (χ0n) is 15.3. The predicted octanol–water partition coefficient (Wildman–Crippen LogP) is 3.93. The number of benzene rings is 2. The lowest BCUT2D eigenvalue weighted by Gasteiger charge is -2.16. The number of halogens is 2. The minimum atomic E-state index is -3.77. The highest BCUT2D eigenvalue weighted by molar-refractivity contribution is 7.89. The van der Waals surface area contributed by atoms with Crippen molar-refractivity contribution >= 4 is 39.1 Å². The predicted molar refractivity (Wildman–Crippen MR) is 109 cm³/mol. The van der Waals surface area contributed by atoms with Gasteiger partial charge < -0.3 is 10.1 Å². The van der Waals surface area contributed by atoms with Crippen LogP contribution in [0.4, 0.5) is 0 Å². The Morgan fingerprint density at radius 2 is 1.86 bits per heavy atom. The molecule has 1 unspecified atom stereocenters. The molecule has 0 heterocycles. The number of sulfonamides is 1. The van der Waals surface area contributed by atoms with E-state index in [0.29, 0.717) is 10.0 Å². The van der Waals surface area contributed by atoms with Gasteiger partial charge in [0, 0.05) is 11.6 Å². The minimum Gasteiger partial charge on any atom is -0.495 e. The molecule has 6 nitrogen and oxygen atoms in total. The molecular weight excluding hydrogens is 423 g/mol. The highest BCUT2D eigenvalue weighted by Crippen LogP contribution is 2.29. The molecule has 150 valence electrons. The number of hydrogen-bond acceptors (Lipinski definition) is 4. The van der Waals surface area contributed by atoms with Crippen molar-refractivity contribution in [2.24, 2.45) is 0 Å². The third kappa shape index (κ3) is 4.78. The first kappa shape index (κ1) is 20.9. The van der Waals surface area contributed by atoms with Gasteiger partial charge >= 0.3 is 0 Å². The summed E-state index contributed by atoms with van der Waals surface area (Å²) in [5, 5.41) is 3.65. The zero-order chi connectivity index (χ0) is 20.5. The van der Waals surface area contributed by atoms with Crippen molar-refractivity contribution in [2.75, 3.05) is 7.11 Å². The molecule has 1 aliphatic carbocycles. The van der Waals surface area contributed by atoms with Crippen molar-refractivity contribution in [1.29, 1.82) is 0 Å². The Hall–Kier alpha value is -1.80. The molecule has 1 fully saturated rings. The van der Waals surface area contributed by atoms with Crippen molar-refractivity contribution in [3.8, 4) is 5.75 Å². The van der Waals surface area contributed by atoms with E-state index < -0.39 is 15.9 Å². The van der Waals surface area contributed by atoms with Crippen LogP contribution in [0.25, 0.3) is 0 Å². The van der Waals surface area contributed by atoms with E-state index in [9.17, 15) is 13.2 Å². The molecule has 0 aromatic heterocycles. The maximum Gasteiger partial charge on any atom is 0.251 e. The molecule has 28 heavy (non-hydrogen) atoms. The number of ether oxygens (including phenoxy) is 1. The Balaban J connectivity index is 1.83. The number of amides is 1. The summed E-state index contributed by atoms with van der Waals surface area (Å²) in [6.45, 7) is 1.80. The van der Waals surface area contributed by atoms with Gasteiger partial charge in [-0.05, 0) is 55.7 Å². The number of carbonyl (C=O) groups is 1. The molecule has 1 saturated carbocycles. The standard InChI is InChI=1S/C19H20Cl2N2O4S/c1-11(12-3-7-15(20)16(21)9-12)22-19(24)13-4-8-17(27-2)18(10-13)28(25,26)23-14-5-6-14/h3-4,7-11,14,23H,5-6H2,1-2H3,(H,22,24). The molecule has 3 rings (SSSR count). The molecule has 0 bridgehead atoms. The first-order valence-corrected chi connectivity index (χ1v) is 10.9. The Morgan fingerprint density at radius 3 is 2.46 bits per heavy atom. The number of hydrogen-bond donors (Lipinski definition) is 2. The van der Waals surface area contributed by atoms with Crippen LogP contribution < -0.4 is 14.8 Å². The van der Waals surface area contributed by atoms with Crippen LogP contribution in [0, 0.1) is 0 Å². The maximum atomic E-state index is 12.7. The Labute approximate surface area is 174 Å². The van der Waals surface area contributed by atoms with Crippen LogP contribution >= 0.6 is 23.2 Å². The molecule has 0 saturated heterocycles. The summed E-state index contributed by atoms with van der Waals surface area (Å²) in [4.78, 5) is 12.6. The summed E-state index contributed by atoms with van der Waals surface area (Å²) in [6.07, 6.45) is 1.62. The van der Waals surface area contributed by atoms with Gasteiger partial charge in [-0.1, -0.05) is 29.3 Å². The zero-order valence-corrected chi connectivity index (χ0v) is 17.7. The van der Waals surface area contributed by atoms with E-state index in [1.165, 1.54) is 25.3 Å². The third-order valence-corrected chi connectivity index (χ3v) is 6.69. The smallest absolute Gasteiger partial charge is 0.251 e. The summed E-state index contributed by atoms with van der Waals surface area (Å²) < 4.78 is 33.0. The molecule has 2 N–H and O–H groups in total. The van der Waals surface area contributed by atoms with Crippen molar-refractivity contribution in [1.82, 2.24) is 10.0 Å². The number of rotatable bonds is 7. The van der Waals surface area contributed by atoms with E-state index in [1.807, 2.05) is 0 Å². The second-order valence-corrected chi connectivity index (χ2v) is 9.13. The molecule has 1 atom stereocenters. The van der Waals surface area contributed by atoms with Crippen LogP contribution in [-0.2, 0) is 10.0 Å². The molecule has 1 aliphatic rings. The van der Waals surface area contributed by atoms with Gasteiger partial charge in [0.05, 0.1) is 23.2 Å². The molecule has 0 radical (unpaired) electrons. The van der Waals surface area contributed by atoms with Crippen LogP contribution in [0.3, 0.4) is 0 Å². The number of nitrogens with one attached hydrogen (secondary N) is 2. The number of methoxy groups -OCH3 is 1. The van der Waals surface area contributed by atoms with Crippen LogP contribution in [0.15, 0.2) is 41.3 Å². The lowest BCUT2D eigenvalue weighted by molar-refractivity contribution is 0.0939. The first-order valence-electron chi connectivity index (χ1n) is 8.67. The molecule has 0 aliphatic heterocycles. The highest BCUT2D eigenvalue weighted by Gasteiger charge is 2.30. The van der Waals surface area contributed by atoms with Crippen molar-refractivity contribution in [2.45, 2.75) is 36.7 Å². The fourth-order valence-corrected chi connectivity index (χ4v) is 4.46. The van der Waals surface area contributed by atoms with Gasteiger partial charge in [0.1, 0.15) is 10.6 Å². The highest BCUT2D eigenvalue weighted by atomic mass is 35.5. The Morgan fingerprint density at radius 1 is 1.14 bits per heavy atom. The van der Waals surface area contributed by atoms with Gasteiger partial charge in [-0.2, -0.15) is 0 Å². The summed E-state index contributed by atoms with van der Waals surface area (Å²) >= 11 is 12.0. The van der Waals surface area contributed by atoms with Crippen LogP contribution in [-0.4, -0.2) is 27.5 Å². The second kappa shape index (κ2) is 8.29. The van der Waals surface area contributed by atoms with E-state index in [1.54, 1.807) is 25.1 Å². The normalized spacial score (nSPS) is 15.1. The SMILES string of the molecule is COc1ccc(C(=O)NC(C)c2ccc(Cl)c(Cl)c2)cc1S(=O)(=O)NC1CC1. The van der Waals surface area contributed by atoms with Crippen LogP contribution in [0.5, 0.6) is 5.75 Å². The first-order chi connectivity index (χ1) is 13.2. The van der Waals surface area contributed by atoms with E-state index >= 15 is 0 Å². The van der Waals surface area contributed by atoms with Gasteiger partial charge in [-0.15, -0.1) is 0 Å². The van der Waals surface area contributed by atoms with Crippen LogP contribution in [0.2, 0.25) is 10.0 Å². The lowest BCUT2D eigenvalue weighted by atomic mass is 10.1. The van der Waals surface area contributed by atoms with Crippen molar-refractivity contribution < 1.29 is 17.9 Å². The summed E-state index contributed by atoms with van der Waals surface area (Å²) in [5.74, 6) is -0.230. The molecular formula is C19H20Cl2N2O4S. The quantitative estimate of drug-likeness (QED) is 0.679. The lowest BCUT2D eigenvalue weighted by Crippen LogP contribution is -2.28. The molecule has 9 heteroatoms. The maximum absolute atomic E-state index is 12.7. The van der Waals surface area contributed by atoms with Gasteiger partial charge in [-0.25, -0.2) is 13.1 Å². The molecule has 2 aromatic rings. The average Bonchev–Trinajstić information content (AvgIpc) is 3.46. The minimum absolute atomic E-state index is 0.0538. The van der Waals surface area contributed by atoms with E-state index in [0.717, 1.165) is 18.4 Å². The number of carbonyl (C=O) groups excluding carboxylic acids is 1. The van der Waals surface area contributed by atoms with E-state index in [2.05, 4.69) is 10.0 Å². The topological polar surface area (TPSA) is 84.5 Å². The van der Waals surface area contributed by atoms with Gasteiger partial charge in [0.2, 0.25) is 10.0 Å². The fraction of sp³-hybridized carbons (Fsp3) is 0.316. The monoisotopic (exact) mass is 442 g/mol. The summed E-state index contributed by atoms with van der Waals surface area (Å²) in [6, 6.07) is 9.01. The summed E-state index contributed by atoms with van der Waals surface area (Å²) in [7, 11) is -2.39. The molecule has 2 aromatic carbocycles. The van der Waals surface area contributed by atoms with Gasteiger partial charge in [0.25, 0.3) is 5.91 Å². The Bertz CT molecular complexity index is 1010. The van der Waals surface area contributed by atoms with Crippen molar-refractivity contribution in [3.05, 3.63) is 57.6 Å². The molecule has 0 spiro atoms. The largest absolute Gasteiger partial charge is 0.495 e. The van der Waals surface area contributed by atoms with Crippen LogP contribution in [0.1, 0.15) is 41.7 Å². The second-order valence-electron chi connectivity index (χ2n) is 6.63. The van der Waals surface area contributed by atoms with Gasteiger partial charge in [-0.3, -0.25) is 4.79 Å². The van der Waals surface area contributed by atoms with E-state index in [-0.39, 0.29) is 28.3 Å². The van der Waals surface area contributed by atoms with Crippen molar-refractivity contribution in [3.63, 3.8) is 0 Å². The Kier molecular flexibility index (Phi) is 6.19. The van der Waals surface area contributed by atoms with Gasteiger partial charge in [0.15, 0.2) is 0 Å². The fourth-order valence-electron chi connectivity index (χ4n) is 2.66. The average molecular weight is 443 g/mol.